The van der Waals surface area contributed by atoms with Crippen LogP contribution in [0.3, 0.4) is 0 Å². The molecule has 0 aromatic heterocycles. The second-order valence-electron chi connectivity index (χ2n) is 6.15. The topological polar surface area (TPSA) is 59.6 Å². The van der Waals surface area contributed by atoms with Crippen LogP contribution in [-0.2, 0) is 17.9 Å². The van der Waals surface area contributed by atoms with E-state index in [1.165, 1.54) is 0 Å². The van der Waals surface area contributed by atoms with Crippen LogP contribution in [0.1, 0.15) is 18.1 Å². The van der Waals surface area contributed by atoms with E-state index >= 15 is 0 Å². The molecular formula is C22H24N2O3. The van der Waals surface area contributed by atoms with E-state index in [2.05, 4.69) is 16.7 Å². The highest BCUT2D eigenvalue weighted by molar-refractivity contribution is 5.90. The van der Waals surface area contributed by atoms with Gasteiger partial charge in [-0.15, -0.1) is 0 Å². The first-order chi connectivity index (χ1) is 13.2. The van der Waals surface area contributed by atoms with Gasteiger partial charge in [0.15, 0.2) is 0 Å². The molecule has 0 radical (unpaired) electrons. The lowest BCUT2D eigenvalue weighted by Crippen LogP contribution is -2.28. The molecular weight excluding hydrogens is 340 g/mol. The smallest absolute Gasteiger partial charge is 0.319 e. The number of benzene rings is 3. The van der Waals surface area contributed by atoms with Crippen molar-refractivity contribution in [3.8, 4) is 5.75 Å². The normalized spacial score (nSPS) is 10.6. The maximum absolute atomic E-state index is 12.3. The molecule has 5 heteroatoms. The fourth-order valence-electron chi connectivity index (χ4n) is 2.84. The summed E-state index contributed by atoms with van der Waals surface area (Å²) in [4.78, 5) is 12.3. The summed E-state index contributed by atoms with van der Waals surface area (Å²) in [5.74, 6) is 0.832. The average Bonchev–Trinajstić information content (AvgIpc) is 2.71. The summed E-state index contributed by atoms with van der Waals surface area (Å²) in [6.07, 6.45) is 0. The highest BCUT2D eigenvalue weighted by Gasteiger charge is 2.07. The van der Waals surface area contributed by atoms with Gasteiger partial charge in [-0.05, 0) is 47.5 Å². The molecule has 0 spiro atoms. The van der Waals surface area contributed by atoms with Gasteiger partial charge in [0.1, 0.15) is 5.75 Å². The Kier molecular flexibility index (Phi) is 6.28. The third kappa shape index (κ3) is 4.99. The van der Waals surface area contributed by atoms with Crippen molar-refractivity contribution in [1.29, 1.82) is 0 Å². The second kappa shape index (κ2) is 9.05. The maximum Gasteiger partial charge on any atom is 0.319 e. The summed E-state index contributed by atoms with van der Waals surface area (Å²) in [7, 11) is 1.66. The van der Waals surface area contributed by atoms with Gasteiger partial charge in [-0.3, -0.25) is 0 Å². The van der Waals surface area contributed by atoms with E-state index in [1.54, 1.807) is 7.11 Å². The van der Waals surface area contributed by atoms with Gasteiger partial charge in [0, 0.05) is 24.4 Å². The molecule has 2 N–H and O–H groups in total. The van der Waals surface area contributed by atoms with Crippen LogP contribution in [0.2, 0.25) is 0 Å². The molecule has 27 heavy (non-hydrogen) atoms. The molecule has 0 atom stereocenters. The van der Waals surface area contributed by atoms with Crippen LogP contribution in [0.25, 0.3) is 10.8 Å². The quantitative estimate of drug-likeness (QED) is 0.638. The van der Waals surface area contributed by atoms with Gasteiger partial charge >= 0.3 is 6.03 Å². The molecule has 0 bridgehead atoms. The van der Waals surface area contributed by atoms with Crippen molar-refractivity contribution in [2.24, 2.45) is 0 Å². The molecule has 5 nitrogen and oxygen atoms in total. The van der Waals surface area contributed by atoms with Crippen molar-refractivity contribution in [3.05, 3.63) is 71.8 Å². The van der Waals surface area contributed by atoms with E-state index in [4.69, 9.17) is 9.47 Å². The van der Waals surface area contributed by atoms with Gasteiger partial charge in [0.25, 0.3) is 0 Å². The third-order valence-electron chi connectivity index (χ3n) is 4.29. The lowest BCUT2D eigenvalue weighted by molar-refractivity contribution is 0.134. The highest BCUT2D eigenvalue weighted by atomic mass is 16.5. The molecule has 3 rings (SSSR count). The first-order valence-corrected chi connectivity index (χ1v) is 8.97. The molecule has 3 aromatic carbocycles. The number of ether oxygens (including phenoxy) is 2. The molecule has 0 saturated heterocycles. The van der Waals surface area contributed by atoms with E-state index < -0.39 is 0 Å². The Labute approximate surface area is 159 Å². The molecule has 0 aliphatic rings. The van der Waals surface area contributed by atoms with Gasteiger partial charge < -0.3 is 20.1 Å². The van der Waals surface area contributed by atoms with Gasteiger partial charge in [-0.2, -0.15) is 0 Å². The number of amides is 2. The maximum atomic E-state index is 12.3. The predicted molar refractivity (Wildman–Crippen MR) is 108 cm³/mol. The molecule has 0 unspecified atom stereocenters. The summed E-state index contributed by atoms with van der Waals surface area (Å²) in [6.45, 7) is 3.50. The van der Waals surface area contributed by atoms with Crippen molar-refractivity contribution in [2.75, 3.05) is 19.0 Å². The molecule has 0 aliphatic carbocycles. The van der Waals surface area contributed by atoms with Crippen molar-refractivity contribution in [3.63, 3.8) is 0 Å². The van der Waals surface area contributed by atoms with E-state index in [-0.39, 0.29) is 6.03 Å². The molecule has 0 fully saturated rings. The minimum atomic E-state index is -0.242. The van der Waals surface area contributed by atoms with Gasteiger partial charge in [-0.1, -0.05) is 36.4 Å². The number of para-hydroxylation sites is 1. The largest absolute Gasteiger partial charge is 0.497 e. The summed E-state index contributed by atoms with van der Waals surface area (Å²) in [5.41, 5.74) is 2.74. The van der Waals surface area contributed by atoms with Crippen LogP contribution >= 0.6 is 0 Å². The minimum absolute atomic E-state index is 0.242. The van der Waals surface area contributed by atoms with Gasteiger partial charge in [0.2, 0.25) is 0 Å². The van der Waals surface area contributed by atoms with E-state index in [0.717, 1.165) is 33.3 Å². The molecule has 140 valence electrons. The molecule has 0 aliphatic heterocycles. The Morgan fingerprint density at radius 3 is 2.59 bits per heavy atom. The number of rotatable bonds is 7. The Balaban J connectivity index is 1.61. The molecule has 2 amide bonds. The number of anilines is 1. The Hall–Kier alpha value is -3.05. The highest BCUT2D eigenvalue weighted by Crippen LogP contribution is 2.22. The number of methoxy groups -OCH3 is 1. The standard InChI is InChI=1S/C22H24N2O3/c1-3-27-15-19-6-4-5-7-21(19)24-22(25)23-14-16-8-9-18-13-20(26-2)11-10-17(18)12-16/h4-13H,3,14-15H2,1-2H3,(H2,23,24,25). The second-order valence-corrected chi connectivity index (χ2v) is 6.15. The average molecular weight is 364 g/mol. The fraction of sp³-hybridized carbons (Fsp3) is 0.227. The van der Waals surface area contributed by atoms with Crippen molar-refractivity contribution >= 4 is 22.5 Å². The van der Waals surface area contributed by atoms with Crippen LogP contribution in [0.4, 0.5) is 10.5 Å². The van der Waals surface area contributed by atoms with Crippen molar-refractivity contribution in [2.45, 2.75) is 20.1 Å². The zero-order valence-corrected chi connectivity index (χ0v) is 15.6. The van der Waals surface area contributed by atoms with E-state index in [9.17, 15) is 4.79 Å². The Morgan fingerprint density at radius 2 is 1.78 bits per heavy atom. The monoisotopic (exact) mass is 364 g/mol. The number of nitrogens with one attached hydrogen (secondary N) is 2. The molecule has 0 saturated carbocycles. The van der Waals surface area contributed by atoms with Crippen LogP contribution < -0.4 is 15.4 Å². The fourth-order valence-corrected chi connectivity index (χ4v) is 2.84. The zero-order chi connectivity index (χ0) is 19.1. The van der Waals surface area contributed by atoms with Crippen LogP contribution in [0, 0.1) is 0 Å². The summed E-state index contributed by atoms with van der Waals surface area (Å²) in [5, 5.41) is 8.01. The number of hydrogen-bond acceptors (Lipinski definition) is 3. The number of carbonyl (C=O) groups excluding carboxylic acids is 1. The van der Waals surface area contributed by atoms with E-state index in [1.807, 2.05) is 61.5 Å². The summed E-state index contributed by atoms with van der Waals surface area (Å²) >= 11 is 0. The van der Waals surface area contributed by atoms with Crippen LogP contribution in [0.15, 0.2) is 60.7 Å². The number of urea groups is 1. The summed E-state index contributed by atoms with van der Waals surface area (Å²) < 4.78 is 10.7. The van der Waals surface area contributed by atoms with Crippen molar-refractivity contribution < 1.29 is 14.3 Å². The van der Waals surface area contributed by atoms with Gasteiger partial charge in [-0.25, -0.2) is 4.79 Å². The lowest BCUT2D eigenvalue weighted by Gasteiger charge is -2.12. The summed E-state index contributed by atoms with van der Waals surface area (Å²) in [6, 6.07) is 19.4. The SMILES string of the molecule is CCOCc1ccccc1NC(=O)NCc1ccc2cc(OC)ccc2c1. The lowest BCUT2D eigenvalue weighted by atomic mass is 10.1. The van der Waals surface area contributed by atoms with Crippen molar-refractivity contribution in [1.82, 2.24) is 5.32 Å². The Morgan fingerprint density at radius 1 is 1.00 bits per heavy atom. The van der Waals surface area contributed by atoms with E-state index in [0.29, 0.717) is 19.8 Å². The number of fused-ring (bicyclic) bond motifs is 1. The predicted octanol–water partition coefficient (Wildman–Crippen LogP) is 4.71. The first kappa shape index (κ1) is 18.7. The number of hydrogen-bond donors (Lipinski definition) is 2. The molecule has 0 heterocycles. The zero-order valence-electron chi connectivity index (χ0n) is 15.6. The van der Waals surface area contributed by atoms with Gasteiger partial charge in [0.05, 0.1) is 13.7 Å². The number of carbonyl (C=O) groups is 1. The first-order valence-electron chi connectivity index (χ1n) is 8.97. The molecule has 3 aromatic rings. The minimum Gasteiger partial charge on any atom is -0.497 e. The third-order valence-corrected chi connectivity index (χ3v) is 4.29. The van der Waals surface area contributed by atoms with Crippen LogP contribution in [-0.4, -0.2) is 19.7 Å². The van der Waals surface area contributed by atoms with Crippen LogP contribution in [0.5, 0.6) is 5.75 Å². The Bertz CT molecular complexity index is 924.